The predicted octanol–water partition coefficient (Wildman–Crippen LogP) is 3.42. The van der Waals surface area contributed by atoms with Crippen LogP contribution in [0.3, 0.4) is 0 Å². The number of nitrogens with one attached hydrogen (secondary N) is 1. The molecule has 2 aliphatic rings. The van der Waals surface area contributed by atoms with Gasteiger partial charge in [-0.25, -0.2) is 4.79 Å². The summed E-state index contributed by atoms with van der Waals surface area (Å²) in [7, 11) is 1.39. The van der Waals surface area contributed by atoms with Crippen LogP contribution in [0.5, 0.6) is 0 Å². The van der Waals surface area contributed by atoms with E-state index in [-0.39, 0.29) is 11.9 Å². The van der Waals surface area contributed by atoms with Crippen LogP contribution in [0.15, 0.2) is 18.2 Å². The maximum atomic E-state index is 12.9. The molecule has 1 aromatic carbocycles. The highest BCUT2D eigenvalue weighted by atomic mass is 16.5. The van der Waals surface area contributed by atoms with Crippen molar-refractivity contribution in [3.8, 4) is 0 Å². The van der Waals surface area contributed by atoms with Gasteiger partial charge in [0.1, 0.15) is 0 Å². The molecule has 1 aliphatic carbocycles. The fourth-order valence-corrected chi connectivity index (χ4v) is 4.25. The summed E-state index contributed by atoms with van der Waals surface area (Å²) in [6.07, 6.45) is 6.50. The van der Waals surface area contributed by atoms with E-state index in [0.717, 1.165) is 42.3 Å². The zero-order chi connectivity index (χ0) is 17.4. The molecule has 1 N–H and O–H groups in total. The van der Waals surface area contributed by atoms with Gasteiger partial charge in [0.05, 0.1) is 12.7 Å². The number of hydrogen-bond acceptors (Lipinski definition) is 3. The first kappa shape index (κ1) is 16.2. The van der Waals surface area contributed by atoms with Gasteiger partial charge in [-0.1, -0.05) is 19.3 Å². The Hall–Kier alpha value is -2.30. The minimum absolute atomic E-state index is 0.200. The van der Waals surface area contributed by atoms with E-state index < -0.39 is 0 Å². The molecule has 0 unspecified atom stereocenters. The lowest BCUT2D eigenvalue weighted by atomic mass is 9.87. The van der Waals surface area contributed by atoms with Gasteiger partial charge in [-0.05, 0) is 31.0 Å². The first-order chi connectivity index (χ1) is 12.2. The van der Waals surface area contributed by atoms with Gasteiger partial charge in [-0.2, -0.15) is 0 Å². The second-order valence-corrected chi connectivity index (χ2v) is 7.18. The number of methoxy groups -OCH3 is 1. The summed E-state index contributed by atoms with van der Waals surface area (Å²) in [5.41, 5.74) is 3.90. The number of H-pyrrole nitrogens is 1. The molecule has 2 heterocycles. The number of nitrogens with zero attached hydrogens (tertiary/aromatic N) is 1. The monoisotopic (exact) mass is 340 g/mol. The van der Waals surface area contributed by atoms with Gasteiger partial charge in [0, 0.05) is 47.6 Å². The van der Waals surface area contributed by atoms with Gasteiger partial charge >= 0.3 is 5.97 Å². The Balaban J connectivity index is 1.62. The van der Waals surface area contributed by atoms with Crippen LogP contribution >= 0.6 is 0 Å². The highest BCUT2D eigenvalue weighted by Gasteiger charge is 2.29. The van der Waals surface area contributed by atoms with Gasteiger partial charge in [0.2, 0.25) is 5.91 Å². The zero-order valence-corrected chi connectivity index (χ0v) is 14.6. The van der Waals surface area contributed by atoms with Crippen molar-refractivity contribution in [3.05, 3.63) is 35.0 Å². The second kappa shape index (κ2) is 6.54. The van der Waals surface area contributed by atoms with E-state index in [1.54, 1.807) is 6.07 Å². The Labute approximate surface area is 147 Å². The molecule has 0 bridgehead atoms. The number of hydrogen-bond donors (Lipinski definition) is 1. The van der Waals surface area contributed by atoms with Crippen molar-refractivity contribution < 1.29 is 14.3 Å². The van der Waals surface area contributed by atoms with Gasteiger partial charge in [-0.15, -0.1) is 0 Å². The van der Waals surface area contributed by atoms with Crippen LogP contribution in [0.1, 0.15) is 53.7 Å². The van der Waals surface area contributed by atoms with Crippen molar-refractivity contribution in [3.63, 3.8) is 0 Å². The smallest absolute Gasteiger partial charge is 0.337 e. The first-order valence-corrected chi connectivity index (χ1v) is 9.18. The number of carbonyl (C=O) groups excluding carboxylic acids is 2. The van der Waals surface area contributed by atoms with Crippen molar-refractivity contribution in [2.24, 2.45) is 5.92 Å². The third-order valence-corrected chi connectivity index (χ3v) is 5.66. The van der Waals surface area contributed by atoms with Gasteiger partial charge in [-0.3, -0.25) is 4.79 Å². The molecule has 0 atom stereocenters. The number of ether oxygens (including phenoxy) is 1. The number of esters is 1. The Bertz CT molecular complexity index is 818. The van der Waals surface area contributed by atoms with Crippen molar-refractivity contribution in [2.45, 2.75) is 45.1 Å². The third-order valence-electron chi connectivity index (χ3n) is 5.66. The zero-order valence-electron chi connectivity index (χ0n) is 14.6. The van der Waals surface area contributed by atoms with E-state index in [1.165, 1.54) is 32.1 Å². The molecule has 1 aromatic heterocycles. The fraction of sp³-hybridized carbons (Fsp3) is 0.500. The van der Waals surface area contributed by atoms with Crippen LogP contribution < -0.4 is 0 Å². The quantitative estimate of drug-likeness (QED) is 0.852. The van der Waals surface area contributed by atoms with Crippen LogP contribution in [-0.2, 0) is 22.5 Å². The molecule has 0 saturated heterocycles. The number of carbonyl (C=O) groups is 2. The lowest BCUT2D eigenvalue weighted by Gasteiger charge is -2.32. The van der Waals surface area contributed by atoms with Gasteiger partial charge in [0.15, 0.2) is 0 Å². The normalized spacial score (nSPS) is 18.2. The first-order valence-electron chi connectivity index (χ1n) is 9.18. The lowest BCUT2D eigenvalue weighted by molar-refractivity contribution is -0.137. The number of aromatic nitrogens is 1. The fourth-order valence-electron chi connectivity index (χ4n) is 4.25. The Kier molecular flexibility index (Phi) is 4.24. The van der Waals surface area contributed by atoms with Crippen LogP contribution in [-0.4, -0.2) is 35.4 Å². The molecular weight excluding hydrogens is 316 g/mol. The van der Waals surface area contributed by atoms with E-state index in [4.69, 9.17) is 4.74 Å². The minimum Gasteiger partial charge on any atom is -0.465 e. The van der Waals surface area contributed by atoms with E-state index in [0.29, 0.717) is 18.0 Å². The Morgan fingerprint density at radius 2 is 2.00 bits per heavy atom. The Morgan fingerprint density at radius 3 is 2.76 bits per heavy atom. The maximum absolute atomic E-state index is 12.9. The summed E-state index contributed by atoms with van der Waals surface area (Å²) >= 11 is 0. The topological polar surface area (TPSA) is 62.4 Å². The highest BCUT2D eigenvalue weighted by Crippen LogP contribution is 2.31. The standard InChI is InChI=1S/C20H24N2O3/c1-25-20(24)14-7-8-17-15(11-14)16-12-22(10-9-18(16)21-17)19(23)13-5-3-2-4-6-13/h7-8,11,13,21H,2-6,9-10,12H2,1H3. The van der Waals surface area contributed by atoms with Crippen LogP contribution in [0.4, 0.5) is 0 Å². The molecule has 25 heavy (non-hydrogen) atoms. The van der Waals surface area contributed by atoms with E-state index in [2.05, 4.69) is 4.98 Å². The molecule has 5 heteroatoms. The van der Waals surface area contributed by atoms with E-state index >= 15 is 0 Å². The molecule has 1 aliphatic heterocycles. The lowest BCUT2D eigenvalue weighted by Crippen LogP contribution is -2.40. The molecule has 0 spiro atoms. The number of aromatic amines is 1. The summed E-state index contributed by atoms with van der Waals surface area (Å²) in [6.45, 7) is 1.41. The number of fused-ring (bicyclic) bond motifs is 3. The van der Waals surface area contributed by atoms with Gasteiger partial charge in [0.25, 0.3) is 0 Å². The largest absolute Gasteiger partial charge is 0.465 e. The summed E-state index contributed by atoms with van der Waals surface area (Å²) in [5, 5.41) is 1.03. The SMILES string of the molecule is COC(=O)c1ccc2[nH]c3c(c2c1)CN(C(=O)C1CCCCC1)CC3. The van der Waals surface area contributed by atoms with Crippen molar-refractivity contribution in [1.82, 2.24) is 9.88 Å². The molecule has 1 saturated carbocycles. The van der Waals surface area contributed by atoms with E-state index in [9.17, 15) is 9.59 Å². The average molecular weight is 340 g/mol. The molecule has 5 nitrogen and oxygen atoms in total. The van der Waals surface area contributed by atoms with E-state index in [1.807, 2.05) is 17.0 Å². The molecule has 0 radical (unpaired) electrons. The van der Waals surface area contributed by atoms with Crippen LogP contribution in [0.2, 0.25) is 0 Å². The van der Waals surface area contributed by atoms with Crippen molar-refractivity contribution in [2.75, 3.05) is 13.7 Å². The third kappa shape index (κ3) is 2.92. The molecule has 4 rings (SSSR count). The van der Waals surface area contributed by atoms with Gasteiger partial charge < -0.3 is 14.6 Å². The summed E-state index contributed by atoms with van der Waals surface area (Å²) in [6, 6.07) is 5.58. The summed E-state index contributed by atoms with van der Waals surface area (Å²) in [4.78, 5) is 30.2. The molecular formula is C20H24N2O3. The summed E-state index contributed by atoms with van der Waals surface area (Å²) in [5.74, 6) is 0.178. The number of benzene rings is 1. The summed E-state index contributed by atoms with van der Waals surface area (Å²) < 4.78 is 4.83. The molecule has 1 fully saturated rings. The molecule has 2 aromatic rings. The Morgan fingerprint density at radius 1 is 1.20 bits per heavy atom. The predicted molar refractivity (Wildman–Crippen MR) is 95.3 cm³/mol. The van der Waals surface area contributed by atoms with Crippen molar-refractivity contribution in [1.29, 1.82) is 0 Å². The van der Waals surface area contributed by atoms with Crippen LogP contribution in [0.25, 0.3) is 10.9 Å². The number of rotatable bonds is 2. The molecule has 1 amide bonds. The average Bonchev–Trinajstić information content (AvgIpc) is 3.04. The van der Waals surface area contributed by atoms with Crippen LogP contribution in [0, 0.1) is 5.92 Å². The molecule has 132 valence electrons. The van der Waals surface area contributed by atoms with Crippen molar-refractivity contribution >= 4 is 22.8 Å². The maximum Gasteiger partial charge on any atom is 0.337 e. The number of amides is 1. The second-order valence-electron chi connectivity index (χ2n) is 7.18. The minimum atomic E-state index is -0.331. The highest BCUT2D eigenvalue weighted by molar-refractivity contribution is 5.96.